The van der Waals surface area contributed by atoms with E-state index in [9.17, 15) is 4.79 Å². The third kappa shape index (κ3) is 4.09. The van der Waals surface area contributed by atoms with E-state index in [1.165, 1.54) is 0 Å². The van der Waals surface area contributed by atoms with Crippen molar-refractivity contribution in [2.24, 2.45) is 11.7 Å². The van der Waals surface area contributed by atoms with Gasteiger partial charge in [0.25, 0.3) is 5.91 Å². The fraction of sp³-hybridized carbons (Fsp3) is 0.412. The average molecular weight is 369 g/mol. The van der Waals surface area contributed by atoms with Crippen LogP contribution in [0.25, 0.3) is 0 Å². The zero-order valence-corrected chi connectivity index (χ0v) is 15.1. The third-order valence-electron chi connectivity index (χ3n) is 4.49. The van der Waals surface area contributed by atoms with Gasteiger partial charge in [0, 0.05) is 17.8 Å². The molecule has 1 atom stereocenters. The number of rotatable bonds is 6. The number of hydrogen-bond acceptors (Lipinski definition) is 3. The minimum absolute atomic E-state index is 0. The van der Waals surface area contributed by atoms with Crippen molar-refractivity contribution >= 4 is 29.9 Å². The molecular formula is C17H22Cl2N4O. The van der Waals surface area contributed by atoms with Gasteiger partial charge in [-0.2, -0.15) is 5.10 Å². The normalized spacial score (nSPS) is 16.1. The number of nitrogens with one attached hydrogen (secondary N) is 1. The number of carbonyl (C=O) groups is 1. The van der Waals surface area contributed by atoms with Gasteiger partial charge in [0.2, 0.25) is 0 Å². The molecule has 1 aliphatic rings. The smallest absolute Gasteiger partial charge is 0.254 e. The molecule has 7 heteroatoms. The van der Waals surface area contributed by atoms with Crippen LogP contribution in [0, 0.1) is 5.92 Å². The van der Waals surface area contributed by atoms with Crippen LogP contribution in [0.3, 0.4) is 0 Å². The van der Waals surface area contributed by atoms with E-state index in [0.29, 0.717) is 29.6 Å². The summed E-state index contributed by atoms with van der Waals surface area (Å²) in [5.74, 6) is 0.352. The van der Waals surface area contributed by atoms with Crippen LogP contribution in [0.15, 0.2) is 36.7 Å². The van der Waals surface area contributed by atoms with Crippen molar-refractivity contribution in [1.29, 1.82) is 0 Å². The number of halogens is 2. The topological polar surface area (TPSA) is 72.9 Å². The maximum atomic E-state index is 12.4. The summed E-state index contributed by atoms with van der Waals surface area (Å²) in [6, 6.07) is 7.61. The molecule has 1 saturated carbocycles. The van der Waals surface area contributed by atoms with Crippen LogP contribution in [0.4, 0.5) is 0 Å². The highest BCUT2D eigenvalue weighted by atomic mass is 35.5. The number of carbonyl (C=O) groups excluding carboxylic acids is 1. The van der Waals surface area contributed by atoms with Gasteiger partial charge >= 0.3 is 0 Å². The zero-order chi connectivity index (χ0) is 16.4. The average Bonchev–Trinajstić information content (AvgIpc) is 3.30. The molecule has 130 valence electrons. The molecule has 1 aromatic heterocycles. The van der Waals surface area contributed by atoms with Gasteiger partial charge in [-0.3, -0.25) is 9.48 Å². The molecular weight excluding hydrogens is 347 g/mol. The molecule has 3 rings (SSSR count). The van der Waals surface area contributed by atoms with Crippen molar-refractivity contribution in [3.05, 3.63) is 52.8 Å². The summed E-state index contributed by atoms with van der Waals surface area (Å²) in [5, 5.41) is 8.02. The van der Waals surface area contributed by atoms with E-state index in [4.69, 9.17) is 17.3 Å². The van der Waals surface area contributed by atoms with E-state index in [2.05, 4.69) is 10.4 Å². The van der Waals surface area contributed by atoms with E-state index in [1.54, 1.807) is 17.1 Å². The fourth-order valence-corrected chi connectivity index (χ4v) is 2.94. The number of nitrogens with zero attached hydrogens (tertiary/aromatic N) is 2. The first-order valence-corrected chi connectivity index (χ1v) is 8.18. The second-order valence-electron chi connectivity index (χ2n) is 6.37. The van der Waals surface area contributed by atoms with E-state index in [0.717, 1.165) is 18.4 Å². The SMILES string of the molecule is CC(CN)(NC(=O)c1cnn(Cc2ccccc2Cl)c1)C1CC1.Cl. The summed E-state index contributed by atoms with van der Waals surface area (Å²) in [6.45, 7) is 2.98. The van der Waals surface area contributed by atoms with Gasteiger partial charge in [-0.1, -0.05) is 29.8 Å². The highest BCUT2D eigenvalue weighted by Crippen LogP contribution is 2.39. The van der Waals surface area contributed by atoms with Gasteiger partial charge < -0.3 is 11.1 Å². The van der Waals surface area contributed by atoms with Gasteiger partial charge in [-0.05, 0) is 37.3 Å². The first kappa shape index (κ1) is 18.8. The molecule has 0 radical (unpaired) electrons. The minimum Gasteiger partial charge on any atom is -0.345 e. The quantitative estimate of drug-likeness (QED) is 0.823. The Balaban J connectivity index is 0.00000208. The zero-order valence-electron chi connectivity index (χ0n) is 13.5. The van der Waals surface area contributed by atoms with Crippen LogP contribution in [0.1, 0.15) is 35.7 Å². The molecule has 24 heavy (non-hydrogen) atoms. The van der Waals surface area contributed by atoms with E-state index < -0.39 is 0 Å². The standard InChI is InChI=1S/C17H21ClN4O.ClH/c1-17(11-19,14-6-7-14)21-16(23)13-8-20-22(10-13)9-12-4-2-3-5-15(12)18;/h2-5,8,10,14H,6-7,9,11,19H2,1H3,(H,21,23);1H. The van der Waals surface area contributed by atoms with Gasteiger partial charge in [0.05, 0.1) is 23.8 Å². The Hall–Kier alpha value is -1.56. The first-order chi connectivity index (χ1) is 11.0. The molecule has 0 saturated heterocycles. The lowest BCUT2D eigenvalue weighted by Crippen LogP contribution is -2.53. The lowest BCUT2D eigenvalue weighted by molar-refractivity contribution is 0.0897. The summed E-state index contributed by atoms with van der Waals surface area (Å²) in [5.41, 5.74) is 7.02. The highest BCUT2D eigenvalue weighted by Gasteiger charge is 2.41. The number of aromatic nitrogens is 2. The van der Waals surface area contributed by atoms with Gasteiger partial charge in [-0.15, -0.1) is 12.4 Å². The van der Waals surface area contributed by atoms with E-state index in [-0.39, 0.29) is 23.9 Å². The minimum atomic E-state index is -0.331. The maximum absolute atomic E-state index is 12.4. The van der Waals surface area contributed by atoms with Crippen molar-refractivity contribution in [1.82, 2.24) is 15.1 Å². The number of amides is 1. The molecule has 1 aliphatic carbocycles. The molecule has 0 spiro atoms. The Labute approximate surface area is 153 Å². The summed E-state index contributed by atoms with van der Waals surface area (Å²) in [6.07, 6.45) is 5.57. The predicted octanol–water partition coefficient (Wildman–Crippen LogP) is 2.86. The maximum Gasteiger partial charge on any atom is 0.254 e. The molecule has 0 aliphatic heterocycles. The van der Waals surface area contributed by atoms with Crippen molar-refractivity contribution in [2.75, 3.05) is 6.54 Å². The lowest BCUT2D eigenvalue weighted by Gasteiger charge is -2.29. The Morgan fingerprint density at radius 1 is 1.46 bits per heavy atom. The second kappa shape index (κ2) is 7.55. The van der Waals surface area contributed by atoms with Crippen LogP contribution in [-0.2, 0) is 6.54 Å². The molecule has 0 bridgehead atoms. The third-order valence-corrected chi connectivity index (χ3v) is 4.86. The molecule has 5 nitrogen and oxygen atoms in total. The van der Waals surface area contributed by atoms with Crippen molar-refractivity contribution in [3.8, 4) is 0 Å². The second-order valence-corrected chi connectivity index (χ2v) is 6.78. The molecule has 3 N–H and O–H groups in total. The number of benzene rings is 1. The molecule has 1 amide bonds. The molecule has 1 unspecified atom stereocenters. The lowest BCUT2D eigenvalue weighted by atomic mass is 9.95. The first-order valence-electron chi connectivity index (χ1n) is 7.80. The Bertz CT molecular complexity index is 714. The van der Waals surface area contributed by atoms with Gasteiger partial charge in [0.1, 0.15) is 0 Å². The number of hydrogen-bond donors (Lipinski definition) is 2. The van der Waals surface area contributed by atoms with Gasteiger partial charge in [-0.25, -0.2) is 0 Å². The Morgan fingerprint density at radius 2 is 2.17 bits per heavy atom. The number of nitrogens with two attached hydrogens (primary N) is 1. The summed E-state index contributed by atoms with van der Waals surface area (Å²) < 4.78 is 1.72. The van der Waals surface area contributed by atoms with Crippen molar-refractivity contribution in [2.45, 2.75) is 31.8 Å². The van der Waals surface area contributed by atoms with Crippen molar-refractivity contribution in [3.63, 3.8) is 0 Å². The fourth-order valence-electron chi connectivity index (χ4n) is 2.74. The van der Waals surface area contributed by atoms with Crippen LogP contribution in [-0.4, -0.2) is 27.8 Å². The highest BCUT2D eigenvalue weighted by molar-refractivity contribution is 6.31. The summed E-state index contributed by atoms with van der Waals surface area (Å²) in [4.78, 5) is 12.4. The molecule has 1 aromatic carbocycles. The molecule has 1 fully saturated rings. The van der Waals surface area contributed by atoms with Crippen molar-refractivity contribution < 1.29 is 4.79 Å². The van der Waals surface area contributed by atoms with Crippen LogP contribution in [0.5, 0.6) is 0 Å². The Kier molecular flexibility index (Phi) is 5.91. The van der Waals surface area contributed by atoms with E-state index >= 15 is 0 Å². The summed E-state index contributed by atoms with van der Waals surface area (Å²) in [7, 11) is 0. The van der Waals surface area contributed by atoms with Crippen LogP contribution < -0.4 is 11.1 Å². The van der Waals surface area contributed by atoms with Crippen LogP contribution in [0.2, 0.25) is 5.02 Å². The largest absolute Gasteiger partial charge is 0.345 e. The Morgan fingerprint density at radius 3 is 2.79 bits per heavy atom. The van der Waals surface area contributed by atoms with E-state index in [1.807, 2.05) is 31.2 Å². The monoisotopic (exact) mass is 368 g/mol. The van der Waals surface area contributed by atoms with Crippen LogP contribution >= 0.6 is 24.0 Å². The summed E-state index contributed by atoms with van der Waals surface area (Å²) >= 11 is 6.16. The predicted molar refractivity (Wildman–Crippen MR) is 97.7 cm³/mol. The molecule has 1 heterocycles. The van der Waals surface area contributed by atoms with Gasteiger partial charge in [0.15, 0.2) is 0 Å². The molecule has 2 aromatic rings.